The molecular weight excluding hydrogens is 422 g/mol. The van der Waals surface area contributed by atoms with Gasteiger partial charge in [0.1, 0.15) is 11.6 Å². The number of methoxy groups -OCH3 is 1. The highest BCUT2D eigenvalue weighted by Crippen LogP contribution is 2.51. The van der Waals surface area contributed by atoms with E-state index in [4.69, 9.17) is 22.1 Å². The lowest BCUT2D eigenvalue weighted by atomic mass is 9.64. The Balaban J connectivity index is 1.80. The van der Waals surface area contributed by atoms with Crippen molar-refractivity contribution in [1.29, 1.82) is 10.5 Å². The van der Waals surface area contributed by atoms with E-state index in [2.05, 4.69) is 22.8 Å². The van der Waals surface area contributed by atoms with Gasteiger partial charge in [0.05, 0.1) is 46.9 Å². The average Bonchev–Trinajstić information content (AvgIpc) is 2.73. The number of carbonyl (C=O) groups is 1. The Labute approximate surface area is 184 Å². The van der Waals surface area contributed by atoms with Gasteiger partial charge in [-0.15, -0.1) is 0 Å². The number of nitrogens with zero attached hydrogens (tertiary/aromatic N) is 2. The van der Waals surface area contributed by atoms with Gasteiger partial charge < -0.3 is 21.1 Å². The second-order valence-electron chi connectivity index (χ2n) is 7.17. The van der Waals surface area contributed by atoms with E-state index in [0.29, 0.717) is 45.5 Å². The van der Waals surface area contributed by atoms with Crippen LogP contribution in [0.15, 0.2) is 40.2 Å². The summed E-state index contributed by atoms with van der Waals surface area (Å²) in [4.78, 5) is 12.5. The number of benzene rings is 1. The molecule has 0 saturated heterocycles. The third-order valence-electron chi connectivity index (χ3n) is 5.42. The van der Waals surface area contributed by atoms with Crippen LogP contribution in [-0.4, -0.2) is 18.8 Å². The molecule has 0 bridgehead atoms. The summed E-state index contributed by atoms with van der Waals surface area (Å²) in [7, 11) is 1.51. The molecule has 3 rings (SSSR count). The predicted molar refractivity (Wildman–Crippen MR) is 117 cm³/mol. The van der Waals surface area contributed by atoms with Crippen molar-refractivity contribution in [2.24, 2.45) is 11.1 Å². The van der Waals surface area contributed by atoms with Crippen LogP contribution in [0.4, 0.5) is 5.69 Å². The molecule has 0 radical (unpaired) electrons. The molecule has 0 aromatic heterocycles. The van der Waals surface area contributed by atoms with Crippen LogP contribution in [0, 0.1) is 28.1 Å². The fourth-order valence-electron chi connectivity index (χ4n) is 4.04. The Morgan fingerprint density at radius 3 is 2.63 bits per heavy atom. The Morgan fingerprint density at radius 2 is 2.00 bits per heavy atom. The van der Waals surface area contributed by atoms with Gasteiger partial charge in [-0.05, 0) is 31.0 Å². The molecule has 9 heteroatoms. The summed E-state index contributed by atoms with van der Waals surface area (Å²) in [6.45, 7) is 0. The lowest BCUT2D eigenvalue weighted by molar-refractivity contribution is -0.113. The molecule has 0 unspecified atom stereocenters. The SMILES string of the molecule is COc1ccc(Cl)cc1NC(=O)CSC1=C(C#N)C2(CCCCC2)C(C#N)=C(N)N1. The Morgan fingerprint density at radius 1 is 1.30 bits per heavy atom. The number of nitrogens with one attached hydrogen (secondary N) is 2. The van der Waals surface area contributed by atoms with Crippen molar-refractivity contribution in [3.8, 4) is 17.9 Å². The maximum Gasteiger partial charge on any atom is 0.234 e. The number of amides is 1. The minimum absolute atomic E-state index is 0.0500. The molecule has 1 fully saturated rings. The molecule has 1 aromatic carbocycles. The maximum absolute atomic E-state index is 12.5. The van der Waals surface area contributed by atoms with Gasteiger partial charge in [-0.2, -0.15) is 10.5 Å². The molecular formula is C21H22ClN5O2S. The summed E-state index contributed by atoms with van der Waals surface area (Å²) >= 11 is 7.20. The third kappa shape index (κ3) is 4.21. The molecule has 2 aliphatic rings. The van der Waals surface area contributed by atoms with Gasteiger partial charge in [0.2, 0.25) is 5.91 Å². The van der Waals surface area contributed by atoms with Gasteiger partial charge in [-0.25, -0.2) is 0 Å². The van der Waals surface area contributed by atoms with E-state index in [1.54, 1.807) is 18.2 Å². The summed E-state index contributed by atoms with van der Waals surface area (Å²) in [5, 5.41) is 26.3. The molecule has 0 atom stereocenters. The summed E-state index contributed by atoms with van der Waals surface area (Å²) < 4.78 is 5.25. The van der Waals surface area contributed by atoms with Gasteiger partial charge in [0, 0.05) is 10.4 Å². The molecule has 1 aliphatic carbocycles. The summed E-state index contributed by atoms with van der Waals surface area (Å²) in [6.07, 6.45) is 4.33. The first-order valence-electron chi connectivity index (χ1n) is 9.53. The highest BCUT2D eigenvalue weighted by molar-refractivity contribution is 8.03. The standard InChI is InChI=1S/C21H22ClN5O2S/c1-29-17-6-5-13(22)9-16(17)26-18(28)12-30-20-15(11-24)21(7-3-2-4-8-21)14(10-23)19(25)27-20/h5-6,9,27H,2-4,7-8,12,25H2,1H3,(H,26,28). The topological polar surface area (TPSA) is 124 Å². The second-order valence-corrected chi connectivity index (χ2v) is 8.59. The van der Waals surface area contributed by atoms with Crippen molar-refractivity contribution in [2.75, 3.05) is 18.2 Å². The smallest absolute Gasteiger partial charge is 0.234 e. The molecule has 1 aliphatic heterocycles. The fraction of sp³-hybridized carbons (Fsp3) is 0.381. The normalized spacial score (nSPS) is 17.7. The molecule has 30 heavy (non-hydrogen) atoms. The number of nitriles is 2. The van der Waals surface area contributed by atoms with E-state index >= 15 is 0 Å². The van der Waals surface area contributed by atoms with Crippen LogP contribution in [-0.2, 0) is 4.79 Å². The van der Waals surface area contributed by atoms with Crippen molar-refractivity contribution in [2.45, 2.75) is 32.1 Å². The van der Waals surface area contributed by atoms with E-state index in [-0.39, 0.29) is 17.5 Å². The molecule has 1 aromatic rings. The molecule has 1 amide bonds. The number of rotatable bonds is 5. The van der Waals surface area contributed by atoms with Crippen molar-refractivity contribution in [1.82, 2.24) is 5.32 Å². The number of ether oxygens (including phenoxy) is 1. The summed E-state index contributed by atoms with van der Waals surface area (Å²) in [5.74, 6) is 0.530. The lowest BCUT2D eigenvalue weighted by Crippen LogP contribution is -2.39. The Bertz CT molecular complexity index is 1000. The molecule has 1 heterocycles. The van der Waals surface area contributed by atoms with E-state index in [9.17, 15) is 15.3 Å². The largest absolute Gasteiger partial charge is 0.495 e. The van der Waals surface area contributed by atoms with E-state index in [1.807, 2.05) is 0 Å². The Kier molecular flexibility index (Phi) is 6.81. The zero-order valence-corrected chi connectivity index (χ0v) is 18.1. The zero-order chi connectivity index (χ0) is 21.7. The van der Waals surface area contributed by atoms with Crippen LogP contribution in [0.3, 0.4) is 0 Å². The predicted octanol–water partition coefficient (Wildman–Crippen LogP) is 4.00. The Hall–Kier alpha value is -2.81. The first kappa shape index (κ1) is 21.9. The van der Waals surface area contributed by atoms with Gasteiger partial charge in [-0.3, -0.25) is 4.79 Å². The van der Waals surface area contributed by atoms with Gasteiger partial charge in [0.25, 0.3) is 0 Å². The van der Waals surface area contributed by atoms with Gasteiger partial charge >= 0.3 is 0 Å². The molecule has 1 spiro atoms. The number of halogens is 1. The third-order valence-corrected chi connectivity index (χ3v) is 6.65. The minimum Gasteiger partial charge on any atom is -0.495 e. The fourth-order valence-corrected chi connectivity index (χ4v) is 5.13. The van der Waals surface area contributed by atoms with Crippen LogP contribution in [0.2, 0.25) is 5.02 Å². The first-order valence-corrected chi connectivity index (χ1v) is 10.9. The van der Waals surface area contributed by atoms with Crippen molar-refractivity contribution >= 4 is 35.0 Å². The zero-order valence-electron chi connectivity index (χ0n) is 16.5. The van der Waals surface area contributed by atoms with Crippen LogP contribution < -0.4 is 21.1 Å². The number of nitrogens with two attached hydrogens (primary N) is 1. The highest BCUT2D eigenvalue weighted by Gasteiger charge is 2.45. The van der Waals surface area contributed by atoms with Crippen molar-refractivity contribution in [3.63, 3.8) is 0 Å². The van der Waals surface area contributed by atoms with Crippen LogP contribution in [0.25, 0.3) is 0 Å². The quantitative estimate of drug-likeness (QED) is 0.628. The van der Waals surface area contributed by atoms with Gasteiger partial charge in [0.15, 0.2) is 0 Å². The van der Waals surface area contributed by atoms with E-state index < -0.39 is 5.41 Å². The second kappa shape index (κ2) is 9.34. The summed E-state index contributed by atoms with van der Waals surface area (Å²) in [6, 6.07) is 9.45. The van der Waals surface area contributed by atoms with Crippen molar-refractivity contribution in [3.05, 3.63) is 45.2 Å². The minimum atomic E-state index is -0.661. The number of anilines is 1. The molecule has 1 saturated carbocycles. The number of hydrogen-bond acceptors (Lipinski definition) is 7. The first-order chi connectivity index (χ1) is 14.4. The number of hydrogen-bond donors (Lipinski definition) is 3. The van der Waals surface area contributed by atoms with E-state index in [0.717, 1.165) is 19.3 Å². The number of allylic oxidation sites excluding steroid dienone is 2. The summed E-state index contributed by atoms with van der Waals surface area (Å²) in [5.41, 5.74) is 6.87. The number of dihydropyridines is 1. The molecule has 7 nitrogen and oxygen atoms in total. The monoisotopic (exact) mass is 443 g/mol. The molecule has 4 N–H and O–H groups in total. The number of thioether (sulfide) groups is 1. The molecule has 156 valence electrons. The van der Waals surface area contributed by atoms with Crippen LogP contribution >= 0.6 is 23.4 Å². The highest BCUT2D eigenvalue weighted by atomic mass is 35.5. The maximum atomic E-state index is 12.5. The van der Waals surface area contributed by atoms with Crippen LogP contribution in [0.1, 0.15) is 32.1 Å². The van der Waals surface area contributed by atoms with Crippen LogP contribution in [0.5, 0.6) is 5.75 Å². The number of carbonyl (C=O) groups excluding carboxylic acids is 1. The average molecular weight is 444 g/mol. The van der Waals surface area contributed by atoms with Gasteiger partial charge in [-0.1, -0.05) is 42.6 Å². The van der Waals surface area contributed by atoms with E-state index in [1.165, 1.54) is 18.9 Å². The van der Waals surface area contributed by atoms with Crippen molar-refractivity contribution < 1.29 is 9.53 Å². The lowest BCUT2D eigenvalue weighted by Gasteiger charge is -2.40.